The number of nitrogens with one attached hydrogen (secondary N) is 2. The van der Waals surface area contributed by atoms with Gasteiger partial charge in [-0.05, 0) is 30.7 Å². The van der Waals surface area contributed by atoms with E-state index in [0.717, 1.165) is 6.26 Å². The molecule has 2 aromatic carbocycles. The fraction of sp³-hybridized carbons (Fsp3) is 0.364. The SMILES string of the molecule is COCCCNC(=O)c1ccccc1NC(=O)C1CCN(S(C)(=O)=O)c2ccccc2O1. The maximum atomic E-state index is 13.0. The first kappa shape index (κ1) is 23.6. The topological polar surface area (TPSA) is 114 Å². The van der Waals surface area contributed by atoms with Crippen LogP contribution in [0.1, 0.15) is 23.2 Å². The van der Waals surface area contributed by atoms with Crippen LogP contribution in [-0.2, 0) is 19.6 Å². The first-order valence-electron chi connectivity index (χ1n) is 10.2. The fourth-order valence-electron chi connectivity index (χ4n) is 3.38. The fourth-order valence-corrected chi connectivity index (χ4v) is 4.32. The van der Waals surface area contributed by atoms with Gasteiger partial charge < -0.3 is 20.1 Å². The maximum absolute atomic E-state index is 13.0. The van der Waals surface area contributed by atoms with E-state index in [0.29, 0.717) is 42.3 Å². The van der Waals surface area contributed by atoms with E-state index in [1.54, 1.807) is 55.6 Å². The lowest BCUT2D eigenvalue weighted by Crippen LogP contribution is -2.36. The van der Waals surface area contributed by atoms with Crippen LogP contribution in [0.2, 0.25) is 0 Å². The number of nitrogens with zero attached hydrogens (tertiary/aromatic N) is 1. The van der Waals surface area contributed by atoms with Crippen molar-refractivity contribution in [3.05, 3.63) is 54.1 Å². The normalized spacial score (nSPS) is 15.8. The predicted molar refractivity (Wildman–Crippen MR) is 122 cm³/mol. The van der Waals surface area contributed by atoms with Gasteiger partial charge in [-0.2, -0.15) is 0 Å². The van der Waals surface area contributed by atoms with E-state index in [2.05, 4.69) is 10.6 Å². The third-order valence-electron chi connectivity index (χ3n) is 4.93. The average Bonchev–Trinajstić information content (AvgIpc) is 2.97. The van der Waals surface area contributed by atoms with Gasteiger partial charge in [0.15, 0.2) is 6.10 Å². The molecule has 2 aromatic rings. The molecule has 10 heteroatoms. The summed E-state index contributed by atoms with van der Waals surface area (Å²) in [6.07, 6.45) is 1.01. The van der Waals surface area contributed by atoms with Crippen LogP contribution in [0.4, 0.5) is 11.4 Å². The molecule has 1 heterocycles. The molecular weight excluding hydrogens is 434 g/mol. The maximum Gasteiger partial charge on any atom is 0.265 e. The number of para-hydroxylation sites is 3. The van der Waals surface area contributed by atoms with E-state index in [1.165, 1.54) is 4.31 Å². The summed E-state index contributed by atoms with van der Waals surface area (Å²) < 4.78 is 36.6. The second-order valence-corrected chi connectivity index (χ2v) is 9.24. The van der Waals surface area contributed by atoms with Crippen molar-refractivity contribution in [2.75, 3.05) is 42.7 Å². The Balaban J connectivity index is 1.75. The van der Waals surface area contributed by atoms with E-state index >= 15 is 0 Å². The molecule has 0 radical (unpaired) electrons. The molecule has 1 unspecified atom stereocenters. The van der Waals surface area contributed by atoms with Crippen LogP contribution in [-0.4, -0.2) is 59.4 Å². The predicted octanol–water partition coefficient (Wildman–Crippen LogP) is 2.01. The number of carbonyl (C=O) groups excluding carboxylic acids is 2. The highest BCUT2D eigenvalue weighted by atomic mass is 32.2. The van der Waals surface area contributed by atoms with Crippen molar-refractivity contribution in [1.82, 2.24) is 5.32 Å². The summed E-state index contributed by atoms with van der Waals surface area (Å²) in [5.41, 5.74) is 1.06. The molecule has 3 rings (SSSR count). The zero-order chi connectivity index (χ0) is 23.1. The third-order valence-corrected chi connectivity index (χ3v) is 6.11. The Morgan fingerprint density at radius 2 is 1.88 bits per heavy atom. The molecule has 1 aliphatic heterocycles. The number of hydrogen-bond donors (Lipinski definition) is 2. The van der Waals surface area contributed by atoms with Gasteiger partial charge in [0.05, 0.1) is 23.2 Å². The van der Waals surface area contributed by atoms with Gasteiger partial charge in [0, 0.05) is 33.2 Å². The number of amides is 2. The van der Waals surface area contributed by atoms with Gasteiger partial charge in [-0.3, -0.25) is 13.9 Å². The molecule has 2 N–H and O–H groups in total. The number of benzene rings is 2. The van der Waals surface area contributed by atoms with Gasteiger partial charge >= 0.3 is 0 Å². The van der Waals surface area contributed by atoms with Crippen LogP contribution in [0.3, 0.4) is 0 Å². The molecule has 0 aromatic heterocycles. The summed E-state index contributed by atoms with van der Waals surface area (Å²) in [4.78, 5) is 25.6. The van der Waals surface area contributed by atoms with Crippen molar-refractivity contribution in [1.29, 1.82) is 0 Å². The first-order valence-corrected chi connectivity index (χ1v) is 12.1. The molecule has 0 saturated heterocycles. The molecule has 1 aliphatic rings. The van der Waals surface area contributed by atoms with E-state index < -0.39 is 22.0 Å². The lowest BCUT2D eigenvalue weighted by atomic mass is 10.1. The lowest BCUT2D eigenvalue weighted by Gasteiger charge is -2.20. The smallest absolute Gasteiger partial charge is 0.265 e. The minimum atomic E-state index is -3.54. The van der Waals surface area contributed by atoms with Gasteiger partial charge in [0.1, 0.15) is 5.75 Å². The highest BCUT2D eigenvalue weighted by molar-refractivity contribution is 7.92. The molecular formula is C22H27N3O6S. The largest absolute Gasteiger partial charge is 0.478 e. The Bertz CT molecular complexity index is 1070. The van der Waals surface area contributed by atoms with Crippen LogP contribution >= 0.6 is 0 Å². The second-order valence-electron chi connectivity index (χ2n) is 7.34. The van der Waals surface area contributed by atoms with Gasteiger partial charge in [0.2, 0.25) is 10.0 Å². The molecule has 1 atom stereocenters. The highest BCUT2D eigenvalue weighted by Gasteiger charge is 2.31. The van der Waals surface area contributed by atoms with Crippen LogP contribution < -0.4 is 19.7 Å². The first-order chi connectivity index (χ1) is 15.3. The minimum absolute atomic E-state index is 0.0928. The van der Waals surface area contributed by atoms with Crippen molar-refractivity contribution in [3.8, 4) is 5.75 Å². The molecule has 0 bridgehead atoms. The molecule has 9 nitrogen and oxygen atoms in total. The number of hydrogen-bond acceptors (Lipinski definition) is 6. The summed E-state index contributed by atoms with van der Waals surface area (Å²) in [7, 11) is -1.95. The van der Waals surface area contributed by atoms with Crippen LogP contribution in [0.5, 0.6) is 5.75 Å². The van der Waals surface area contributed by atoms with Crippen LogP contribution in [0, 0.1) is 0 Å². The average molecular weight is 462 g/mol. The highest BCUT2D eigenvalue weighted by Crippen LogP contribution is 2.34. The van der Waals surface area contributed by atoms with Crippen molar-refractivity contribution in [3.63, 3.8) is 0 Å². The minimum Gasteiger partial charge on any atom is -0.478 e. The zero-order valence-corrected chi connectivity index (χ0v) is 18.9. The van der Waals surface area contributed by atoms with E-state index in [4.69, 9.17) is 9.47 Å². The lowest BCUT2D eigenvalue weighted by molar-refractivity contribution is -0.122. The number of sulfonamides is 1. The Labute approximate surface area is 187 Å². The molecule has 0 saturated carbocycles. The van der Waals surface area contributed by atoms with Gasteiger partial charge in [-0.25, -0.2) is 8.42 Å². The van der Waals surface area contributed by atoms with Crippen molar-refractivity contribution >= 4 is 33.2 Å². The van der Waals surface area contributed by atoms with Crippen LogP contribution in [0.25, 0.3) is 0 Å². The third kappa shape index (κ3) is 5.77. The molecule has 0 aliphatic carbocycles. The van der Waals surface area contributed by atoms with Crippen molar-refractivity contribution < 1.29 is 27.5 Å². The number of rotatable bonds is 8. The number of anilines is 2. The molecule has 32 heavy (non-hydrogen) atoms. The van der Waals surface area contributed by atoms with Crippen molar-refractivity contribution in [2.45, 2.75) is 18.9 Å². The van der Waals surface area contributed by atoms with Gasteiger partial charge in [-0.1, -0.05) is 24.3 Å². The Morgan fingerprint density at radius 3 is 2.62 bits per heavy atom. The van der Waals surface area contributed by atoms with E-state index in [9.17, 15) is 18.0 Å². The number of fused-ring (bicyclic) bond motifs is 1. The Morgan fingerprint density at radius 1 is 1.16 bits per heavy atom. The standard InChI is InChI=1S/C22H27N3O6S/c1-30-15-7-13-23-21(26)16-8-3-4-9-17(16)24-22(27)20-12-14-25(32(2,28)29)18-10-5-6-11-19(18)31-20/h3-6,8-11,20H,7,12-15H2,1-2H3,(H,23,26)(H,24,27). The molecule has 0 spiro atoms. The summed E-state index contributed by atoms with van der Waals surface area (Å²) in [6.45, 7) is 1.07. The summed E-state index contributed by atoms with van der Waals surface area (Å²) >= 11 is 0. The second kappa shape index (κ2) is 10.5. The summed E-state index contributed by atoms with van der Waals surface area (Å²) in [6, 6.07) is 13.4. The number of methoxy groups -OCH3 is 1. The quantitative estimate of drug-likeness (QED) is 0.582. The zero-order valence-electron chi connectivity index (χ0n) is 18.0. The van der Waals surface area contributed by atoms with Crippen molar-refractivity contribution in [2.24, 2.45) is 0 Å². The molecule has 2 amide bonds. The monoisotopic (exact) mass is 461 g/mol. The number of ether oxygens (including phenoxy) is 2. The summed E-state index contributed by atoms with van der Waals surface area (Å²) in [5.74, 6) is -0.470. The Kier molecular flexibility index (Phi) is 7.70. The Hall–Kier alpha value is -3.11. The summed E-state index contributed by atoms with van der Waals surface area (Å²) in [5, 5.41) is 5.56. The van der Waals surface area contributed by atoms with Gasteiger partial charge in [0.25, 0.3) is 11.8 Å². The van der Waals surface area contributed by atoms with E-state index in [-0.39, 0.29) is 18.9 Å². The molecule has 0 fully saturated rings. The molecule has 172 valence electrons. The van der Waals surface area contributed by atoms with Crippen LogP contribution in [0.15, 0.2) is 48.5 Å². The van der Waals surface area contributed by atoms with Gasteiger partial charge in [-0.15, -0.1) is 0 Å². The number of carbonyl (C=O) groups is 2. The van der Waals surface area contributed by atoms with E-state index in [1.807, 2.05) is 0 Å².